The van der Waals surface area contributed by atoms with E-state index in [0.29, 0.717) is 17.8 Å². The van der Waals surface area contributed by atoms with Crippen LogP contribution in [0.1, 0.15) is 18.4 Å². The minimum absolute atomic E-state index is 0.501. The molecule has 1 saturated carbocycles. The van der Waals surface area contributed by atoms with Gasteiger partial charge in [-0.1, -0.05) is 6.07 Å². The Labute approximate surface area is 117 Å². The molecule has 2 aromatic rings. The molecule has 0 bridgehead atoms. The minimum atomic E-state index is 0.501. The lowest BCUT2D eigenvalue weighted by atomic mass is 10.2. The number of aromatic nitrogens is 3. The first-order valence-corrected chi connectivity index (χ1v) is 6.62. The highest BCUT2D eigenvalue weighted by atomic mass is 16.5. The summed E-state index contributed by atoms with van der Waals surface area (Å²) in [5.41, 5.74) is 2.01. The fourth-order valence-corrected chi connectivity index (χ4v) is 1.89. The van der Waals surface area contributed by atoms with Gasteiger partial charge in [0.2, 0.25) is 5.95 Å². The molecule has 1 aromatic carbocycles. The molecule has 104 valence electrons. The van der Waals surface area contributed by atoms with Gasteiger partial charge in [0.15, 0.2) is 5.82 Å². The van der Waals surface area contributed by atoms with E-state index in [0.717, 1.165) is 17.0 Å². The maximum atomic E-state index is 5.34. The van der Waals surface area contributed by atoms with Crippen molar-refractivity contribution in [2.75, 3.05) is 17.7 Å². The van der Waals surface area contributed by atoms with Crippen LogP contribution < -0.4 is 15.4 Å². The molecule has 1 aliphatic carbocycles. The van der Waals surface area contributed by atoms with Crippen molar-refractivity contribution in [3.63, 3.8) is 0 Å². The SMILES string of the molecule is COc1ccc(C)cc1Nc1cnnc(NC2CC2)n1. The van der Waals surface area contributed by atoms with E-state index in [1.165, 1.54) is 12.8 Å². The van der Waals surface area contributed by atoms with Gasteiger partial charge >= 0.3 is 0 Å². The largest absolute Gasteiger partial charge is 0.495 e. The van der Waals surface area contributed by atoms with Crippen molar-refractivity contribution in [3.8, 4) is 5.75 Å². The third-order valence-corrected chi connectivity index (χ3v) is 3.09. The quantitative estimate of drug-likeness (QED) is 0.870. The zero-order chi connectivity index (χ0) is 13.9. The van der Waals surface area contributed by atoms with Crippen LogP contribution >= 0.6 is 0 Å². The lowest BCUT2D eigenvalue weighted by Gasteiger charge is -2.11. The van der Waals surface area contributed by atoms with Crippen molar-refractivity contribution in [3.05, 3.63) is 30.0 Å². The van der Waals surface area contributed by atoms with E-state index >= 15 is 0 Å². The average molecular weight is 271 g/mol. The Morgan fingerprint density at radius 2 is 2.15 bits per heavy atom. The van der Waals surface area contributed by atoms with Crippen molar-refractivity contribution < 1.29 is 4.74 Å². The van der Waals surface area contributed by atoms with Gasteiger partial charge in [0.25, 0.3) is 0 Å². The van der Waals surface area contributed by atoms with Crippen LogP contribution in [0.4, 0.5) is 17.5 Å². The molecule has 20 heavy (non-hydrogen) atoms. The summed E-state index contributed by atoms with van der Waals surface area (Å²) >= 11 is 0. The first-order chi connectivity index (χ1) is 9.74. The van der Waals surface area contributed by atoms with Crippen LogP contribution in [0.5, 0.6) is 5.75 Å². The number of aryl methyl sites for hydroxylation is 1. The molecule has 0 radical (unpaired) electrons. The second-order valence-corrected chi connectivity index (χ2v) is 4.91. The lowest BCUT2D eigenvalue weighted by Crippen LogP contribution is -2.08. The predicted molar refractivity (Wildman–Crippen MR) is 77.5 cm³/mol. The third kappa shape index (κ3) is 2.96. The minimum Gasteiger partial charge on any atom is -0.495 e. The number of methoxy groups -OCH3 is 1. The zero-order valence-corrected chi connectivity index (χ0v) is 11.6. The number of anilines is 3. The number of benzene rings is 1. The van der Waals surface area contributed by atoms with Crippen LogP contribution in [0.25, 0.3) is 0 Å². The van der Waals surface area contributed by atoms with Gasteiger partial charge in [-0.05, 0) is 37.5 Å². The van der Waals surface area contributed by atoms with Gasteiger partial charge in [-0.2, -0.15) is 10.1 Å². The highest BCUT2D eigenvalue weighted by molar-refractivity contribution is 5.65. The Morgan fingerprint density at radius 1 is 1.30 bits per heavy atom. The molecule has 0 amide bonds. The Hall–Kier alpha value is -2.37. The van der Waals surface area contributed by atoms with Gasteiger partial charge in [-0.25, -0.2) is 0 Å². The Kier molecular flexibility index (Phi) is 3.37. The topological polar surface area (TPSA) is 72.0 Å². The highest BCUT2D eigenvalue weighted by Crippen LogP contribution is 2.28. The van der Waals surface area contributed by atoms with E-state index < -0.39 is 0 Å². The third-order valence-electron chi connectivity index (χ3n) is 3.09. The van der Waals surface area contributed by atoms with Gasteiger partial charge in [0, 0.05) is 6.04 Å². The Morgan fingerprint density at radius 3 is 2.90 bits per heavy atom. The molecule has 0 saturated heterocycles. The van der Waals surface area contributed by atoms with Crippen LogP contribution in [0.3, 0.4) is 0 Å². The van der Waals surface area contributed by atoms with Gasteiger partial charge in [0.1, 0.15) is 5.75 Å². The Balaban J connectivity index is 1.81. The van der Waals surface area contributed by atoms with E-state index in [1.807, 2.05) is 25.1 Å². The van der Waals surface area contributed by atoms with Crippen molar-refractivity contribution >= 4 is 17.5 Å². The standard InChI is InChI=1S/C14H17N5O/c1-9-3-6-12(20-2)11(7-9)17-13-8-15-19-14(18-13)16-10-4-5-10/h3,6-8,10H,4-5H2,1-2H3,(H2,16,17,18,19). The fourth-order valence-electron chi connectivity index (χ4n) is 1.89. The average Bonchev–Trinajstić information content (AvgIpc) is 3.23. The molecule has 6 nitrogen and oxygen atoms in total. The van der Waals surface area contributed by atoms with Crippen molar-refractivity contribution in [1.82, 2.24) is 15.2 Å². The van der Waals surface area contributed by atoms with E-state index in [-0.39, 0.29) is 0 Å². The maximum absolute atomic E-state index is 5.34. The molecule has 0 spiro atoms. The smallest absolute Gasteiger partial charge is 0.244 e. The second-order valence-electron chi connectivity index (χ2n) is 4.91. The molecular formula is C14H17N5O. The summed E-state index contributed by atoms with van der Waals surface area (Å²) in [7, 11) is 1.65. The van der Waals surface area contributed by atoms with E-state index in [9.17, 15) is 0 Å². The van der Waals surface area contributed by atoms with Crippen LogP contribution in [0, 0.1) is 6.92 Å². The molecule has 0 aliphatic heterocycles. The number of rotatable bonds is 5. The normalized spacial score (nSPS) is 13.9. The molecule has 1 heterocycles. The summed E-state index contributed by atoms with van der Waals surface area (Å²) in [6.07, 6.45) is 3.94. The van der Waals surface area contributed by atoms with Gasteiger partial charge in [-0.3, -0.25) is 0 Å². The second kappa shape index (κ2) is 5.32. The molecule has 0 atom stereocenters. The molecule has 1 aliphatic rings. The number of nitrogens with one attached hydrogen (secondary N) is 2. The summed E-state index contributed by atoms with van der Waals surface area (Å²) in [5.74, 6) is 1.97. The summed E-state index contributed by atoms with van der Waals surface area (Å²) in [4.78, 5) is 4.40. The van der Waals surface area contributed by atoms with Crippen LogP contribution in [0.15, 0.2) is 24.4 Å². The van der Waals surface area contributed by atoms with Crippen LogP contribution in [-0.2, 0) is 0 Å². The summed E-state index contributed by atoms with van der Waals surface area (Å²) in [6.45, 7) is 2.03. The van der Waals surface area contributed by atoms with E-state index in [1.54, 1.807) is 13.3 Å². The monoisotopic (exact) mass is 271 g/mol. The number of ether oxygens (including phenoxy) is 1. The number of hydrogen-bond acceptors (Lipinski definition) is 6. The molecule has 1 fully saturated rings. The van der Waals surface area contributed by atoms with Crippen LogP contribution in [0.2, 0.25) is 0 Å². The van der Waals surface area contributed by atoms with E-state index in [4.69, 9.17) is 4.74 Å². The van der Waals surface area contributed by atoms with Gasteiger partial charge in [0.05, 0.1) is 19.0 Å². The Bertz CT molecular complexity index is 612. The van der Waals surface area contributed by atoms with E-state index in [2.05, 4.69) is 25.8 Å². The molecule has 2 N–H and O–H groups in total. The molecular weight excluding hydrogens is 254 g/mol. The van der Waals surface area contributed by atoms with Crippen molar-refractivity contribution in [2.45, 2.75) is 25.8 Å². The van der Waals surface area contributed by atoms with Crippen LogP contribution in [-0.4, -0.2) is 28.3 Å². The lowest BCUT2D eigenvalue weighted by molar-refractivity contribution is 0.416. The molecule has 0 unspecified atom stereocenters. The first-order valence-electron chi connectivity index (χ1n) is 6.62. The molecule has 6 heteroatoms. The van der Waals surface area contributed by atoms with Crippen molar-refractivity contribution in [2.24, 2.45) is 0 Å². The fraction of sp³-hybridized carbons (Fsp3) is 0.357. The number of hydrogen-bond donors (Lipinski definition) is 2. The zero-order valence-electron chi connectivity index (χ0n) is 11.6. The highest BCUT2D eigenvalue weighted by Gasteiger charge is 2.22. The summed E-state index contributed by atoms with van der Waals surface area (Å²) in [6, 6.07) is 6.44. The number of nitrogens with zero attached hydrogens (tertiary/aromatic N) is 3. The van der Waals surface area contributed by atoms with Gasteiger partial charge in [-0.15, -0.1) is 5.10 Å². The summed E-state index contributed by atoms with van der Waals surface area (Å²) in [5, 5.41) is 14.4. The maximum Gasteiger partial charge on any atom is 0.244 e. The predicted octanol–water partition coefficient (Wildman–Crippen LogP) is 2.51. The first kappa shape index (κ1) is 12.7. The van der Waals surface area contributed by atoms with Crippen molar-refractivity contribution in [1.29, 1.82) is 0 Å². The van der Waals surface area contributed by atoms with Gasteiger partial charge < -0.3 is 15.4 Å². The molecule has 3 rings (SSSR count). The molecule has 1 aromatic heterocycles. The summed E-state index contributed by atoms with van der Waals surface area (Å²) < 4.78 is 5.34.